The van der Waals surface area contributed by atoms with Crippen LogP contribution in [0, 0.1) is 34.3 Å². The highest BCUT2D eigenvalue weighted by molar-refractivity contribution is 5.26. The van der Waals surface area contributed by atoms with Crippen LogP contribution in [0.15, 0.2) is 18.2 Å². The van der Waals surface area contributed by atoms with Gasteiger partial charge in [-0.3, -0.25) is 0 Å². The molecule has 2 bridgehead atoms. The molecule has 2 aliphatic carbocycles. The average molecular weight is 308 g/mol. The lowest BCUT2D eigenvalue weighted by molar-refractivity contribution is -0.165. The van der Waals surface area contributed by atoms with E-state index in [0.717, 1.165) is 25.3 Å². The monoisotopic (exact) mass is 308 g/mol. The summed E-state index contributed by atoms with van der Waals surface area (Å²) in [4.78, 5) is 0. The highest BCUT2D eigenvalue weighted by atomic mass is 19.1. The number of rotatable bonds is 1. The van der Waals surface area contributed by atoms with Gasteiger partial charge in [0.05, 0.1) is 12.2 Å². The van der Waals surface area contributed by atoms with Crippen molar-refractivity contribution in [3.8, 4) is 0 Å². The van der Waals surface area contributed by atoms with Crippen molar-refractivity contribution in [3.63, 3.8) is 0 Å². The highest BCUT2D eigenvalue weighted by Crippen LogP contribution is 2.70. The summed E-state index contributed by atoms with van der Waals surface area (Å²) in [5, 5.41) is 10.9. The summed E-state index contributed by atoms with van der Waals surface area (Å²) in [6.07, 6.45) is 2.03. The van der Waals surface area contributed by atoms with Crippen LogP contribution >= 0.6 is 0 Å². The third kappa shape index (κ3) is 1.71. The topological polar surface area (TPSA) is 29.5 Å². The van der Waals surface area contributed by atoms with Crippen molar-refractivity contribution in [2.24, 2.45) is 22.7 Å². The Bertz CT molecular complexity index is 615. The molecular weight excluding hydrogens is 286 g/mol. The van der Waals surface area contributed by atoms with Gasteiger partial charge in [-0.2, -0.15) is 0 Å². The fraction of sp³-hybridized carbons (Fsp3) is 0.667. The summed E-state index contributed by atoms with van der Waals surface area (Å²) in [7, 11) is 0. The zero-order chi connectivity index (χ0) is 15.7. The Morgan fingerprint density at radius 3 is 2.73 bits per heavy atom. The molecule has 2 saturated carbocycles. The van der Waals surface area contributed by atoms with E-state index >= 15 is 0 Å². The normalized spacial score (nSPS) is 42.4. The first kappa shape index (κ1) is 14.6. The summed E-state index contributed by atoms with van der Waals surface area (Å²) < 4.78 is 33.3. The summed E-state index contributed by atoms with van der Waals surface area (Å²) in [5.74, 6) is -0.547. The van der Waals surface area contributed by atoms with Crippen LogP contribution in [0.4, 0.5) is 8.78 Å². The van der Waals surface area contributed by atoms with Gasteiger partial charge < -0.3 is 9.84 Å². The third-order valence-corrected chi connectivity index (χ3v) is 6.70. The van der Waals surface area contributed by atoms with Crippen LogP contribution in [0.5, 0.6) is 0 Å². The molecule has 3 fully saturated rings. The molecule has 0 amide bonds. The maximum absolute atomic E-state index is 14.2. The molecule has 4 rings (SSSR count). The number of halogens is 2. The Morgan fingerprint density at radius 1 is 1.27 bits per heavy atom. The van der Waals surface area contributed by atoms with Crippen LogP contribution in [0.2, 0.25) is 0 Å². The fourth-order valence-corrected chi connectivity index (χ4v) is 5.46. The van der Waals surface area contributed by atoms with Gasteiger partial charge in [0.2, 0.25) is 0 Å². The molecule has 22 heavy (non-hydrogen) atoms. The van der Waals surface area contributed by atoms with Crippen molar-refractivity contribution in [2.45, 2.75) is 45.3 Å². The average Bonchev–Trinajstić information content (AvgIpc) is 2.94. The van der Waals surface area contributed by atoms with Crippen LogP contribution in [0.25, 0.3) is 0 Å². The Morgan fingerprint density at radius 2 is 2.05 bits per heavy atom. The number of hydrogen-bond acceptors (Lipinski definition) is 2. The molecule has 1 saturated heterocycles. The molecular formula is C18H22F2O2. The number of aliphatic hydroxyl groups excluding tert-OH is 1. The summed E-state index contributed by atoms with van der Waals surface area (Å²) in [6.45, 7) is 4.80. The number of aliphatic hydroxyl groups is 1. The molecule has 0 aromatic heterocycles. The van der Waals surface area contributed by atoms with Gasteiger partial charge in [0, 0.05) is 23.7 Å². The Labute approximate surface area is 129 Å². The second-order valence-corrected chi connectivity index (χ2v) is 7.91. The van der Waals surface area contributed by atoms with E-state index in [0.29, 0.717) is 18.1 Å². The zero-order valence-corrected chi connectivity index (χ0v) is 13.0. The van der Waals surface area contributed by atoms with Gasteiger partial charge in [-0.05, 0) is 42.6 Å². The minimum Gasteiger partial charge on any atom is -0.392 e. The first-order chi connectivity index (χ1) is 10.4. The quantitative estimate of drug-likeness (QED) is 0.854. The van der Waals surface area contributed by atoms with E-state index in [1.807, 2.05) is 0 Å². The van der Waals surface area contributed by atoms with Gasteiger partial charge in [-0.1, -0.05) is 19.9 Å². The molecule has 1 unspecified atom stereocenters. The number of fused-ring (bicyclic) bond motifs is 1. The van der Waals surface area contributed by atoms with Crippen molar-refractivity contribution >= 4 is 0 Å². The van der Waals surface area contributed by atoms with E-state index in [2.05, 4.69) is 13.8 Å². The van der Waals surface area contributed by atoms with Gasteiger partial charge in [0.1, 0.15) is 11.6 Å². The second-order valence-electron chi connectivity index (χ2n) is 7.91. The molecule has 1 aromatic rings. The fourth-order valence-electron chi connectivity index (χ4n) is 5.46. The Hall–Kier alpha value is -1.00. The largest absolute Gasteiger partial charge is 0.392 e. The van der Waals surface area contributed by atoms with Crippen molar-refractivity contribution < 1.29 is 18.6 Å². The lowest BCUT2D eigenvalue weighted by Gasteiger charge is -2.51. The van der Waals surface area contributed by atoms with Crippen LogP contribution < -0.4 is 0 Å². The van der Waals surface area contributed by atoms with Crippen LogP contribution in [0.3, 0.4) is 0 Å². The van der Waals surface area contributed by atoms with Gasteiger partial charge in [-0.15, -0.1) is 0 Å². The van der Waals surface area contributed by atoms with Crippen LogP contribution in [0.1, 0.15) is 44.8 Å². The minimum atomic E-state index is -0.569. The van der Waals surface area contributed by atoms with Crippen molar-refractivity contribution in [2.75, 3.05) is 6.61 Å². The van der Waals surface area contributed by atoms with E-state index in [4.69, 9.17) is 4.74 Å². The SMILES string of the molecule is CC1(C)[C@@H]2C[C@@H]3[C@@H](c4ccc(F)cc4F)OCCC3(C2)[C@@H]1O. The molecule has 5 atom stereocenters. The van der Waals surface area contributed by atoms with E-state index in [9.17, 15) is 13.9 Å². The van der Waals surface area contributed by atoms with E-state index in [-0.39, 0.29) is 29.0 Å². The molecule has 1 spiro atoms. The highest BCUT2D eigenvalue weighted by Gasteiger charge is 2.68. The molecule has 4 heteroatoms. The lowest BCUT2D eigenvalue weighted by atomic mass is 9.60. The Kier molecular flexibility index (Phi) is 2.99. The number of hydrogen-bond donors (Lipinski definition) is 1. The van der Waals surface area contributed by atoms with E-state index < -0.39 is 11.6 Å². The van der Waals surface area contributed by atoms with Gasteiger partial charge >= 0.3 is 0 Å². The molecule has 1 N–H and O–H groups in total. The lowest BCUT2D eigenvalue weighted by Crippen LogP contribution is -2.51. The molecule has 3 aliphatic rings. The van der Waals surface area contributed by atoms with Gasteiger partial charge in [-0.25, -0.2) is 8.78 Å². The summed E-state index contributed by atoms with van der Waals surface area (Å²) in [5.41, 5.74) is 0.181. The van der Waals surface area contributed by atoms with Crippen molar-refractivity contribution in [1.82, 2.24) is 0 Å². The smallest absolute Gasteiger partial charge is 0.131 e. The van der Waals surface area contributed by atoms with Crippen LogP contribution in [-0.4, -0.2) is 17.8 Å². The van der Waals surface area contributed by atoms with E-state index in [1.54, 1.807) is 0 Å². The van der Waals surface area contributed by atoms with E-state index in [1.165, 1.54) is 12.1 Å². The first-order valence-corrected chi connectivity index (χ1v) is 8.11. The summed E-state index contributed by atoms with van der Waals surface area (Å²) >= 11 is 0. The minimum absolute atomic E-state index is 0.0836. The molecule has 1 heterocycles. The van der Waals surface area contributed by atoms with Gasteiger partial charge in [0.15, 0.2) is 0 Å². The molecule has 2 nitrogen and oxygen atoms in total. The third-order valence-electron chi connectivity index (χ3n) is 6.70. The number of ether oxygens (including phenoxy) is 1. The van der Waals surface area contributed by atoms with Crippen LogP contribution in [-0.2, 0) is 4.74 Å². The van der Waals surface area contributed by atoms with Crippen molar-refractivity contribution in [3.05, 3.63) is 35.4 Å². The summed E-state index contributed by atoms with van der Waals surface area (Å²) in [6, 6.07) is 3.71. The standard InChI is InChI=1S/C18H22F2O2/c1-17(2)10-7-13-15(12-4-3-11(19)8-14(12)20)22-6-5-18(13,9-10)16(17)21/h3-4,8,10,13,15-16,21H,5-7,9H2,1-2H3/t10-,13-,15-,16-,18?/m1/s1. The molecule has 0 radical (unpaired) electrons. The predicted octanol–water partition coefficient (Wildman–Crippen LogP) is 3.84. The van der Waals surface area contributed by atoms with Gasteiger partial charge in [0.25, 0.3) is 0 Å². The Balaban J connectivity index is 1.73. The number of benzene rings is 1. The maximum Gasteiger partial charge on any atom is 0.131 e. The van der Waals surface area contributed by atoms with Crippen molar-refractivity contribution in [1.29, 1.82) is 0 Å². The molecule has 1 aliphatic heterocycles. The molecule has 1 aromatic carbocycles. The predicted molar refractivity (Wildman–Crippen MR) is 78.1 cm³/mol. The maximum atomic E-state index is 14.2. The zero-order valence-electron chi connectivity index (χ0n) is 13.0. The molecule has 120 valence electrons. The first-order valence-electron chi connectivity index (χ1n) is 8.11. The second kappa shape index (κ2) is 4.51.